The Hall–Kier alpha value is -1.14. The maximum atomic E-state index is 12.4. The topological polar surface area (TPSA) is 63.2 Å². The lowest BCUT2D eigenvalue weighted by molar-refractivity contribution is 0.0722. The van der Waals surface area contributed by atoms with E-state index in [-0.39, 0.29) is 18.1 Å². The summed E-state index contributed by atoms with van der Waals surface area (Å²) in [4.78, 5) is 16.7. The van der Waals surface area contributed by atoms with Gasteiger partial charge in [-0.3, -0.25) is 4.79 Å². The van der Waals surface area contributed by atoms with Gasteiger partial charge in [-0.1, -0.05) is 0 Å². The molecule has 1 fully saturated rings. The van der Waals surface area contributed by atoms with E-state index in [0.717, 1.165) is 30.3 Å². The third-order valence-corrected chi connectivity index (χ3v) is 3.95. The molecule has 20 heavy (non-hydrogen) atoms. The minimum atomic E-state index is -0.108. The second kappa shape index (κ2) is 7.04. The number of halogens is 1. The summed E-state index contributed by atoms with van der Waals surface area (Å²) in [5, 5.41) is 6.17. The van der Waals surface area contributed by atoms with Gasteiger partial charge in [0, 0.05) is 24.3 Å². The Balaban J connectivity index is 2.13. The van der Waals surface area contributed by atoms with Gasteiger partial charge in [0.2, 0.25) is 0 Å². The van der Waals surface area contributed by atoms with Crippen molar-refractivity contribution >= 4 is 27.7 Å². The molecule has 1 aromatic rings. The van der Waals surface area contributed by atoms with Crippen LogP contribution in [0.1, 0.15) is 36.5 Å². The molecule has 2 N–H and O–H groups in total. The quantitative estimate of drug-likeness (QED) is 0.863. The molecule has 0 spiro atoms. The standard InChI is InChI=1S/C14H20BrN3O2/c1-3-16-13-10(7-9(15)8-17-13)14(19)18-11-5-4-6-12(11)20-2/h7-8,11-12H,3-6H2,1-2H3,(H,16,17)(H,18,19). The van der Waals surface area contributed by atoms with Crippen LogP contribution < -0.4 is 10.6 Å². The largest absolute Gasteiger partial charge is 0.379 e. The molecule has 1 saturated carbocycles. The first-order valence-electron chi connectivity index (χ1n) is 6.88. The highest BCUT2D eigenvalue weighted by Gasteiger charge is 2.29. The Bertz CT molecular complexity index is 481. The van der Waals surface area contributed by atoms with Gasteiger partial charge in [-0.2, -0.15) is 0 Å². The predicted molar refractivity (Wildman–Crippen MR) is 82.0 cm³/mol. The van der Waals surface area contributed by atoms with Gasteiger partial charge >= 0.3 is 0 Å². The summed E-state index contributed by atoms with van der Waals surface area (Å²) >= 11 is 3.36. The Morgan fingerprint density at radius 3 is 3.05 bits per heavy atom. The van der Waals surface area contributed by atoms with Crippen LogP contribution in [-0.2, 0) is 4.74 Å². The molecule has 5 nitrogen and oxygen atoms in total. The number of amides is 1. The molecular formula is C14H20BrN3O2. The van der Waals surface area contributed by atoms with E-state index in [1.54, 1.807) is 19.4 Å². The molecule has 0 saturated heterocycles. The first kappa shape index (κ1) is 15.3. The fourth-order valence-electron chi connectivity index (χ4n) is 2.54. The van der Waals surface area contributed by atoms with E-state index in [2.05, 4.69) is 31.5 Å². The van der Waals surface area contributed by atoms with Gasteiger partial charge in [0.25, 0.3) is 5.91 Å². The van der Waals surface area contributed by atoms with Gasteiger partial charge in [-0.05, 0) is 48.2 Å². The molecule has 1 aromatic heterocycles. The molecule has 1 heterocycles. The fraction of sp³-hybridized carbons (Fsp3) is 0.571. The lowest BCUT2D eigenvalue weighted by atomic mass is 10.1. The second-order valence-corrected chi connectivity index (χ2v) is 5.78. The smallest absolute Gasteiger partial charge is 0.255 e. The third kappa shape index (κ3) is 3.49. The van der Waals surface area contributed by atoms with Gasteiger partial charge < -0.3 is 15.4 Å². The van der Waals surface area contributed by atoms with Crippen LogP contribution in [0.5, 0.6) is 0 Å². The van der Waals surface area contributed by atoms with Gasteiger partial charge in [0.15, 0.2) is 0 Å². The molecule has 0 aromatic carbocycles. The zero-order valence-electron chi connectivity index (χ0n) is 11.8. The van der Waals surface area contributed by atoms with E-state index in [1.807, 2.05) is 6.92 Å². The number of carbonyl (C=O) groups excluding carboxylic acids is 1. The molecule has 6 heteroatoms. The van der Waals surface area contributed by atoms with Crippen LogP contribution >= 0.6 is 15.9 Å². The number of anilines is 1. The first-order valence-corrected chi connectivity index (χ1v) is 7.68. The summed E-state index contributed by atoms with van der Waals surface area (Å²) in [6, 6.07) is 1.87. The minimum absolute atomic E-state index is 0.0842. The number of hydrogen-bond acceptors (Lipinski definition) is 4. The average molecular weight is 342 g/mol. The predicted octanol–water partition coefficient (Wildman–Crippen LogP) is 2.57. The zero-order valence-corrected chi connectivity index (χ0v) is 13.4. The number of hydrogen-bond donors (Lipinski definition) is 2. The molecule has 2 rings (SSSR count). The second-order valence-electron chi connectivity index (χ2n) is 4.87. The molecule has 0 aliphatic heterocycles. The van der Waals surface area contributed by atoms with Crippen LogP contribution in [-0.4, -0.2) is 36.7 Å². The number of nitrogens with one attached hydrogen (secondary N) is 2. The van der Waals surface area contributed by atoms with Crippen molar-refractivity contribution < 1.29 is 9.53 Å². The number of pyridine rings is 1. The normalized spacial score (nSPS) is 21.8. The van der Waals surface area contributed by atoms with Gasteiger partial charge in [-0.15, -0.1) is 0 Å². The van der Waals surface area contributed by atoms with Gasteiger partial charge in [0.05, 0.1) is 17.7 Å². The van der Waals surface area contributed by atoms with Crippen molar-refractivity contribution in [3.05, 3.63) is 22.3 Å². The highest BCUT2D eigenvalue weighted by atomic mass is 79.9. The highest BCUT2D eigenvalue weighted by Crippen LogP contribution is 2.23. The Kier molecular flexibility index (Phi) is 5.37. The highest BCUT2D eigenvalue weighted by molar-refractivity contribution is 9.10. The number of aromatic nitrogens is 1. The molecule has 0 radical (unpaired) electrons. The molecular weight excluding hydrogens is 322 g/mol. The SMILES string of the molecule is CCNc1ncc(Br)cc1C(=O)NC1CCCC1OC. The molecule has 2 unspecified atom stereocenters. The third-order valence-electron chi connectivity index (χ3n) is 3.51. The maximum absolute atomic E-state index is 12.4. The van der Waals surface area contributed by atoms with Crippen molar-refractivity contribution in [1.29, 1.82) is 0 Å². The average Bonchev–Trinajstić information content (AvgIpc) is 2.88. The van der Waals surface area contributed by atoms with Crippen molar-refractivity contribution in [3.63, 3.8) is 0 Å². The monoisotopic (exact) mass is 341 g/mol. The number of carbonyl (C=O) groups is 1. The van der Waals surface area contributed by atoms with Crippen molar-refractivity contribution in [2.45, 2.75) is 38.3 Å². The van der Waals surface area contributed by atoms with Crippen LogP contribution in [0.3, 0.4) is 0 Å². The van der Waals surface area contributed by atoms with Crippen molar-refractivity contribution in [1.82, 2.24) is 10.3 Å². The van der Waals surface area contributed by atoms with E-state index in [4.69, 9.17) is 4.74 Å². The van der Waals surface area contributed by atoms with E-state index >= 15 is 0 Å². The summed E-state index contributed by atoms with van der Waals surface area (Å²) in [5.74, 6) is 0.504. The van der Waals surface area contributed by atoms with Crippen LogP contribution in [0.2, 0.25) is 0 Å². The molecule has 2 atom stereocenters. The minimum Gasteiger partial charge on any atom is -0.379 e. The van der Waals surface area contributed by atoms with Gasteiger partial charge in [-0.25, -0.2) is 4.98 Å². The number of rotatable bonds is 5. The lowest BCUT2D eigenvalue weighted by Gasteiger charge is -2.20. The zero-order chi connectivity index (χ0) is 14.5. The summed E-state index contributed by atoms with van der Waals surface area (Å²) in [5.41, 5.74) is 0.558. The Labute approximate surface area is 127 Å². The molecule has 0 bridgehead atoms. The van der Waals surface area contributed by atoms with Crippen LogP contribution in [0.15, 0.2) is 16.7 Å². The summed E-state index contributed by atoms with van der Waals surface area (Å²) in [6.07, 6.45) is 4.84. The Morgan fingerprint density at radius 1 is 1.55 bits per heavy atom. The molecule has 1 amide bonds. The van der Waals surface area contributed by atoms with E-state index < -0.39 is 0 Å². The van der Waals surface area contributed by atoms with E-state index in [9.17, 15) is 4.79 Å². The number of ether oxygens (including phenoxy) is 1. The number of nitrogens with zero attached hydrogens (tertiary/aromatic N) is 1. The summed E-state index contributed by atoms with van der Waals surface area (Å²) in [7, 11) is 1.69. The van der Waals surface area contributed by atoms with Crippen molar-refractivity contribution in [2.75, 3.05) is 19.0 Å². The van der Waals surface area contributed by atoms with Crippen LogP contribution in [0.4, 0.5) is 5.82 Å². The van der Waals surface area contributed by atoms with E-state index in [1.165, 1.54) is 0 Å². The maximum Gasteiger partial charge on any atom is 0.255 e. The first-order chi connectivity index (χ1) is 9.65. The van der Waals surface area contributed by atoms with Crippen molar-refractivity contribution in [2.24, 2.45) is 0 Å². The molecule has 110 valence electrons. The van der Waals surface area contributed by atoms with Crippen LogP contribution in [0, 0.1) is 0 Å². The number of methoxy groups -OCH3 is 1. The van der Waals surface area contributed by atoms with Crippen molar-refractivity contribution in [3.8, 4) is 0 Å². The fourth-order valence-corrected chi connectivity index (χ4v) is 2.87. The molecule has 1 aliphatic carbocycles. The summed E-state index contributed by atoms with van der Waals surface area (Å²) in [6.45, 7) is 2.70. The Morgan fingerprint density at radius 2 is 2.35 bits per heavy atom. The van der Waals surface area contributed by atoms with Crippen LogP contribution in [0.25, 0.3) is 0 Å². The molecule has 1 aliphatic rings. The lowest BCUT2D eigenvalue weighted by Crippen LogP contribution is -2.41. The van der Waals surface area contributed by atoms with E-state index in [0.29, 0.717) is 11.4 Å². The summed E-state index contributed by atoms with van der Waals surface area (Å²) < 4.78 is 6.20. The van der Waals surface area contributed by atoms with Gasteiger partial charge in [0.1, 0.15) is 5.82 Å².